The molecule has 2 heterocycles. The van der Waals surface area contributed by atoms with Gasteiger partial charge in [-0.15, -0.1) is 10.2 Å². The zero-order valence-corrected chi connectivity index (χ0v) is 9.59. The average molecular weight is 233 g/mol. The third-order valence-electron chi connectivity index (χ3n) is 2.39. The number of hydrogen-bond donors (Lipinski definition) is 3. The fraction of sp³-hybridized carbons (Fsp3) is 0.300. The summed E-state index contributed by atoms with van der Waals surface area (Å²) in [5, 5.41) is 11.1. The predicted molar refractivity (Wildman–Crippen MR) is 65.2 cm³/mol. The van der Waals surface area contributed by atoms with Gasteiger partial charge in [0.2, 0.25) is 0 Å². The molecule has 4 N–H and O–H groups in total. The smallest absolute Gasteiger partial charge is 0.141 e. The Kier molecular flexibility index (Phi) is 3.51. The monoisotopic (exact) mass is 233 g/mol. The maximum Gasteiger partial charge on any atom is 0.141 e. The minimum atomic E-state index is 0.633. The number of nitrogens with zero attached hydrogens (tertiary/aromatic N) is 4. The van der Waals surface area contributed by atoms with Gasteiger partial charge in [0, 0.05) is 38.0 Å². The van der Waals surface area contributed by atoms with Gasteiger partial charge in [-0.05, 0) is 6.07 Å². The van der Waals surface area contributed by atoms with Crippen LogP contribution in [-0.2, 0) is 13.5 Å². The number of aryl methyl sites for hydroxylation is 1. The number of hydrogen-bond acceptors (Lipinski definition) is 6. The van der Waals surface area contributed by atoms with Crippen molar-refractivity contribution < 1.29 is 0 Å². The van der Waals surface area contributed by atoms with Gasteiger partial charge in [0.05, 0.1) is 0 Å². The van der Waals surface area contributed by atoms with E-state index in [0.29, 0.717) is 5.82 Å². The van der Waals surface area contributed by atoms with Crippen LogP contribution in [0.5, 0.6) is 0 Å². The van der Waals surface area contributed by atoms with Crippen LogP contribution in [0.3, 0.4) is 0 Å². The van der Waals surface area contributed by atoms with E-state index >= 15 is 0 Å². The third-order valence-corrected chi connectivity index (χ3v) is 2.39. The van der Waals surface area contributed by atoms with Gasteiger partial charge in [0.15, 0.2) is 0 Å². The van der Waals surface area contributed by atoms with Crippen molar-refractivity contribution >= 4 is 11.5 Å². The van der Waals surface area contributed by atoms with Crippen molar-refractivity contribution in [3.8, 4) is 0 Å². The lowest BCUT2D eigenvalue weighted by Gasteiger charge is -2.07. The molecule has 0 spiro atoms. The highest BCUT2D eigenvalue weighted by Gasteiger charge is 2.00. The van der Waals surface area contributed by atoms with Crippen LogP contribution in [0.4, 0.5) is 11.5 Å². The Morgan fingerprint density at radius 3 is 3.06 bits per heavy atom. The van der Waals surface area contributed by atoms with E-state index < -0.39 is 0 Å². The van der Waals surface area contributed by atoms with Crippen molar-refractivity contribution in [1.82, 2.24) is 19.7 Å². The van der Waals surface area contributed by atoms with Crippen LogP contribution in [0, 0.1) is 0 Å². The molecule has 2 rings (SSSR count). The fourth-order valence-electron chi connectivity index (χ4n) is 1.47. The number of pyridine rings is 1. The summed E-state index contributed by atoms with van der Waals surface area (Å²) in [5.74, 6) is 6.86. The molecule has 90 valence electrons. The quantitative estimate of drug-likeness (QED) is 0.503. The lowest BCUT2D eigenvalue weighted by Crippen LogP contribution is -2.11. The standard InChI is InChI=1S/C10H15N7/c1-17-7-14-16-10(17)3-5-12-8-2-4-13-9(6-8)15-11/h2,4,6-7H,3,5,11H2,1H3,(H2,12,13,15). The van der Waals surface area contributed by atoms with Crippen molar-refractivity contribution in [2.75, 3.05) is 17.3 Å². The second kappa shape index (κ2) is 5.26. The molecular weight excluding hydrogens is 218 g/mol. The van der Waals surface area contributed by atoms with Crippen molar-refractivity contribution in [2.24, 2.45) is 12.9 Å². The van der Waals surface area contributed by atoms with Gasteiger partial charge in [-0.1, -0.05) is 0 Å². The molecule has 17 heavy (non-hydrogen) atoms. The summed E-state index contributed by atoms with van der Waals surface area (Å²) < 4.78 is 1.90. The first-order valence-corrected chi connectivity index (χ1v) is 5.29. The van der Waals surface area contributed by atoms with Gasteiger partial charge in [0.1, 0.15) is 18.0 Å². The Morgan fingerprint density at radius 2 is 2.35 bits per heavy atom. The molecule has 0 radical (unpaired) electrons. The molecule has 0 fully saturated rings. The van der Waals surface area contributed by atoms with E-state index in [1.54, 1.807) is 12.5 Å². The second-order valence-corrected chi connectivity index (χ2v) is 3.61. The van der Waals surface area contributed by atoms with Gasteiger partial charge >= 0.3 is 0 Å². The molecule has 0 bridgehead atoms. The summed E-state index contributed by atoms with van der Waals surface area (Å²) >= 11 is 0. The first-order valence-electron chi connectivity index (χ1n) is 5.29. The number of aromatic nitrogens is 4. The van der Waals surface area contributed by atoms with Crippen LogP contribution in [0.1, 0.15) is 5.82 Å². The Hall–Kier alpha value is -2.15. The normalized spacial score (nSPS) is 10.2. The molecule has 2 aromatic heterocycles. The summed E-state index contributed by atoms with van der Waals surface area (Å²) in [6.07, 6.45) is 4.20. The van der Waals surface area contributed by atoms with E-state index in [-0.39, 0.29) is 0 Å². The molecule has 0 aliphatic carbocycles. The Labute approximate surface area is 99.0 Å². The van der Waals surface area contributed by atoms with Crippen molar-refractivity contribution in [3.63, 3.8) is 0 Å². The molecule has 0 aromatic carbocycles. The minimum Gasteiger partial charge on any atom is -0.384 e. The van der Waals surface area contributed by atoms with Crippen molar-refractivity contribution in [3.05, 3.63) is 30.5 Å². The molecule has 0 saturated carbocycles. The maximum atomic E-state index is 5.28. The molecule has 7 nitrogen and oxygen atoms in total. The van der Waals surface area contributed by atoms with Crippen LogP contribution >= 0.6 is 0 Å². The lowest BCUT2D eigenvalue weighted by molar-refractivity contribution is 0.788. The highest BCUT2D eigenvalue weighted by molar-refractivity contribution is 5.51. The molecule has 0 amide bonds. The number of nitrogens with one attached hydrogen (secondary N) is 2. The second-order valence-electron chi connectivity index (χ2n) is 3.61. The van der Waals surface area contributed by atoms with Gasteiger partial charge in [0.25, 0.3) is 0 Å². The Morgan fingerprint density at radius 1 is 1.47 bits per heavy atom. The highest BCUT2D eigenvalue weighted by atomic mass is 15.3. The predicted octanol–water partition coefficient (Wildman–Crippen LogP) is 0.150. The lowest BCUT2D eigenvalue weighted by atomic mass is 10.3. The van der Waals surface area contributed by atoms with E-state index in [1.165, 1.54) is 0 Å². The molecule has 0 saturated heterocycles. The van der Waals surface area contributed by atoms with Crippen LogP contribution in [0.25, 0.3) is 0 Å². The minimum absolute atomic E-state index is 0.633. The largest absolute Gasteiger partial charge is 0.384 e. The zero-order valence-electron chi connectivity index (χ0n) is 9.59. The van der Waals surface area contributed by atoms with Gasteiger partial charge in [-0.25, -0.2) is 10.8 Å². The van der Waals surface area contributed by atoms with Gasteiger partial charge in [-0.3, -0.25) is 0 Å². The first kappa shape index (κ1) is 11.3. The highest BCUT2D eigenvalue weighted by Crippen LogP contribution is 2.10. The van der Waals surface area contributed by atoms with Crippen LogP contribution in [-0.4, -0.2) is 26.3 Å². The first-order chi connectivity index (χ1) is 8.29. The van der Waals surface area contributed by atoms with E-state index in [0.717, 1.165) is 24.5 Å². The number of rotatable bonds is 5. The summed E-state index contributed by atoms with van der Waals surface area (Å²) in [7, 11) is 1.93. The molecule has 0 atom stereocenters. The van der Waals surface area contributed by atoms with E-state index in [4.69, 9.17) is 5.84 Å². The number of anilines is 2. The molecule has 7 heteroatoms. The molecule has 2 aromatic rings. The molecule has 0 aliphatic heterocycles. The fourth-order valence-corrected chi connectivity index (χ4v) is 1.47. The Bertz CT molecular complexity index is 479. The summed E-state index contributed by atoms with van der Waals surface area (Å²) in [5.41, 5.74) is 3.47. The summed E-state index contributed by atoms with van der Waals surface area (Å²) in [6, 6.07) is 3.73. The van der Waals surface area contributed by atoms with Crippen LogP contribution < -0.4 is 16.6 Å². The SMILES string of the molecule is Cn1cnnc1CCNc1ccnc(NN)c1. The number of nitrogen functional groups attached to an aromatic ring is 1. The summed E-state index contributed by atoms with van der Waals surface area (Å²) in [4.78, 5) is 4.03. The van der Waals surface area contributed by atoms with E-state index in [2.05, 4.69) is 25.9 Å². The Balaban J connectivity index is 1.87. The third kappa shape index (κ3) is 2.91. The van der Waals surface area contributed by atoms with E-state index in [9.17, 15) is 0 Å². The molecule has 0 aliphatic rings. The number of hydrazine groups is 1. The van der Waals surface area contributed by atoms with Crippen LogP contribution in [0.2, 0.25) is 0 Å². The number of nitrogens with two attached hydrogens (primary N) is 1. The van der Waals surface area contributed by atoms with Crippen molar-refractivity contribution in [1.29, 1.82) is 0 Å². The van der Waals surface area contributed by atoms with E-state index in [1.807, 2.05) is 23.7 Å². The van der Waals surface area contributed by atoms with Crippen molar-refractivity contribution in [2.45, 2.75) is 6.42 Å². The molecular formula is C10H15N7. The van der Waals surface area contributed by atoms with Gasteiger partial charge in [-0.2, -0.15) is 0 Å². The van der Waals surface area contributed by atoms with Gasteiger partial charge < -0.3 is 15.3 Å². The van der Waals surface area contributed by atoms with Crippen LogP contribution in [0.15, 0.2) is 24.7 Å². The zero-order chi connectivity index (χ0) is 12.1. The summed E-state index contributed by atoms with van der Waals surface area (Å²) in [6.45, 7) is 0.778. The topological polar surface area (TPSA) is 93.7 Å². The maximum absolute atomic E-state index is 5.28. The molecule has 0 unspecified atom stereocenters. The average Bonchev–Trinajstić information content (AvgIpc) is 2.76.